The number of benzene rings is 2. The third-order valence-corrected chi connectivity index (χ3v) is 3.50. The number of hydrogen-bond donors (Lipinski definition) is 2. The highest BCUT2D eigenvalue weighted by Gasteiger charge is 2.00. The van der Waals surface area contributed by atoms with Crippen LogP contribution in [-0.4, -0.2) is 5.96 Å². The van der Waals surface area contributed by atoms with Crippen LogP contribution >= 0.6 is 35.6 Å². The molecule has 112 valence electrons. The van der Waals surface area contributed by atoms with Crippen molar-refractivity contribution in [2.75, 3.05) is 5.32 Å². The molecule has 0 atom stereocenters. The molecule has 3 N–H and O–H groups in total. The van der Waals surface area contributed by atoms with E-state index >= 15 is 0 Å². The van der Waals surface area contributed by atoms with Gasteiger partial charge in [-0.15, -0.1) is 12.4 Å². The lowest BCUT2D eigenvalue weighted by molar-refractivity contribution is 1.14. The molecule has 3 nitrogen and oxygen atoms in total. The lowest BCUT2D eigenvalue weighted by Gasteiger charge is -2.07. The van der Waals surface area contributed by atoms with Crippen LogP contribution in [0.4, 0.5) is 11.4 Å². The van der Waals surface area contributed by atoms with E-state index in [-0.39, 0.29) is 12.4 Å². The molecule has 0 saturated carbocycles. The number of halogens is 3. The molecule has 0 saturated heterocycles. The van der Waals surface area contributed by atoms with Gasteiger partial charge in [-0.2, -0.15) is 0 Å². The zero-order valence-electron chi connectivity index (χ0n) is 11.4. The maximum atomic E-state index is 5.93. The van der Waals surface area contributed by atoms with Gasteiger partial charge in [0, 0.05) is 5.69 Å². The fraction of sp³-hybridized carbons (Fsp3) is 0.133. The van der Waals surface area contributed by atoms with E-state index < -0.39 is 0 Å². The predicted molar refractivity (Wildman–Crippen MR) is 94.4 cm³/mol. The average Bonchev–Trinajstić information content (AvgIpc) is 2.43. The van der Waals surface area contributed by atoms with Gasteiger partial charge in [-0.1, -0.05) is 42.3 Å². The van der Waals surface area contributed by atoms with Crippen LogP contribution in [0, 0.1) is 0 Å². The molecule has 0 bridgehead atoms. The Balaban J connectivity index is 0.00000220. The van der Waals surface area contributed by atoms with E-state index in [1.807, 2.05) is 18.2 Å². The second kappa shape index (κ2) is 8.13. The summed E-state index contributed by atoms with van der Waals surface area (Å²) < 4.78 is 0. The maximum absolute atomic E-state index is 5.93. The van der Waals surface area contributed by atoms with Crippen LogP contribution in [0.25, 0.3) is 0 Å². The average molecular weight is 345 g/mol. The molecule has 0 aliphatic carbocycles. The predicted octanol–water partition coefficient (Wildman–Crippen LogP) is 5.04. The SMILES string of the molecule is CCc1cccc(NC(N)=Nc2ccc(Cl)c(Cl)c2)c1.Cl. The molecule has 2 aromatic rings. The Bertz CT molecular complexity index is 642. The fourth-order valence-electron chi connectivity index (χ4n) is 1.74. The third-order valence-electron chi connectivity index (χ3n) is 2.76. The smallest absolute Gasteiger partial charge is 0.198 e. The van der Waals surface area contributed by atoms with E-state index in [0.717, 1.165) is 12.1 Å². The van der Waals surface area contributed by atoms with Gasteiger partial charge in [0.15, 0.2) is 5.96 Å². The van der Waals surface area contributed by atoms with Gasteiger partial charge in [-0.25, -0.2) is 4.99 Å². The van der Waals surface area contributed by atoms with E-state index in [4.69, 9.17) is 28.9 Å². The largest absolute Gasteiger partial charge is 0.369 e. The van der Waals surface area contributed by atoms with E-state index in [2.05, 4.69) is 23.3 Å². The lowest BCUT2D eigenvalue weighted by atomic mass is 10.1. The molecule has 0 aromatic heterocycles. The van der Waals surface area contributed by atoms with Crippen LogP contribution in [0.2, 0.25) is 10.0 Å². The summed E-state index contributed by atoms with van der Waals surface area (Å²) in [6.45, 7) is 2.10. The quantitative estimate of drug-likeness (QED) is 0.605. The Morgan fingerprint density at radius 3 is 2.57 bits per heavy atom. The Hall–Kier alpha value is -1.42. The summed E-state index contributed by atoms with van der Waals surface area (Å²) in [4.78, 5) is 4.25. The number of aryl methyl sites for hydroxylation is 1. The molecule has 6 heteroatoms. The summed E-state index contributed by atoms with van der Waals surface area (Å²) in [6.07, 6.45) is 0.972. The first-order valence-electron chi connectivity index (χ1n) is 6.23. The summed E-state index contributed by atoms with van der Waals surface area (Å²) in [5.74, 6) is 0.302. The van der Waals surface area contributed by atoms with Crippen molar-refractivity contribution in [2.24, 2.45) is 10.7 Å². The highest BCUT2D eigenvalue weighted by atomic mass is 35.5. The van der Waals surface area contributed by atoms with Crippen molar-refractivity contribution >= 4 is 52.9 Å². The van der Waals surface area contributed by atoms with Gasteiger partial charge >= 0.3 is 0 Å². The number of nitrogens with two attached hydrogens (primary N) is 1. The van der Waals surface area contributed by atoms with Gasteiger partial charge < -0.3 is 11.1 Å². The van der Waals surface area contributed by atoms with Crippen LogP contribution in [0.15, 0.2) is 47.5 Å². The van der Waals surface area contributed by atoms with Gasteiger partial charge in [0.25, 0.3) is 0 Å². The minimum Gasteiger partial charge on any atom is -0.369 e. The number of nitrogens with one attached hydrogen (secondary N) is 1. The standard InChI is InChI=1S/C15H15Cl2N3.ClH/c1-2-10-4-3-5-11(8-10)19-15(18)20-12-6-7-13(16)14(17)9-12;/h3-9H,2H2,1H3,(H3,18,19,20);1H. The third kappa shape index (κ3) is 5.12. The van der Waals surface area contributed by atoms with Crippen molar-refractivity contribution in [1.82, 2.24) is 0 Å². The highest BCUT2D eigenvalue weighted by Crippen LogP contribution is 2.26. The molecule has 0 amide bonds. The van der Waals surface area contributed by atoms with Crippen molar-refractivity contribution < 1.29 is 0 Å². The minimum atomic E-state index is 0. The van der Waals surface area contributed by atoms with Gasteiger partial charge in [-0.05, 0) is 42.3 Å². The van der Waals surface area contributed by atoms with Gasteiger partial charge in [-0.3, -0.25) is 0 Å². The number of anilines is 1. The Kier molecular flexibility index (Phi) is 6.82. The summed E-state index contributed by atoms with van der Waals surface area (Å²) in [5.41, 5.74) is 8.67. The molecule has 0 radical (unpaired) electrons. The first-order chi connectivity index (χ1) is 9.58. The normalized spacial score (nSPS) is 10.9. The molecule has 2 aromatic carbocycles. The van der Waals surface area contributed by atoms with Crippen LogP contribution in [0.1, 0.15) is 12.5 Å². The van der Waals surface area contributed by atoms with Crippen LogP contribution in [-0.2, 0) is 6.42 Å². The minimum absolute atomic E-state index is 0. The first kappa shape index (κ1) is 17.6. The van der Waals surface area contributed by atoms with Crippen molar-refractivity contribution in [3.8, 4) is 0 Å². The summed E-state index contributed by atoms with van der Waals surface area (Å²) in [7, 11) is 0. The second-order valence-electron chi connectivity index (χ2n) is 4.27. The Morgan fingerprint density at radius 2 is 1.90 bits per heavy atom. The summed E-state index contributed by atoms with van der Waals surface area (Å²) >= 11 is 11.8. The molecule has 0 aliphatic heterocycles. The van der Waals surface area contributed by atoms with Crippen molar-refractivity contribution in [2.45, 2.75) is 13.3 Å². The van der Waals surface area contributed by atoms with E-state index in [0.29, 0.717) is 21.7 Å². The monoisotopic (exact) mass is 343 g/mol. The number of aliphatic imine (C=N–C) groups is 1. The second-order valence-corrected chi connectivity index (χ2v) is 5.09. The van der Waals surface area contributed by atoms with Crippen LogP contribution in [0.5, 0.6) is 0 Å². The Morgan fingerprint density at radius 1 is 1.14 bits per heavy atom. The number of nitrogens with zero attached hydrogens (tertiary/aromatic N) is 1. The van der Waals surface area contributed by atoms with Crippen molar-refractivity contribution in [1.29, 1.82) is 0 Å². The van der Waals surface area contributed by atoms with Gasteiger partial charge in [0.05, 0.1) is 15.7 Å². The molecular formula is C15H16Cl3N3. The Labute approximate surface area is 140 Å². The van der Waals surface area contributed by atoms with Crippen LogP contribution in [0.3, 0.4) is 0 Å². The molecule has 21 heavy (non-hydrogen) atoms. The molecule has 0 fully saturated rings. The van der Waals surface area contributed by atoms with Crippen molar-refractivity contribution in [3.05, 3.63) is 58.1 Å². The number of rotatable bonds is 3. The van der Waals surface area contributed by atoms with E-state index in [9.17, 15) is 0 Å². The number of guanidine groups is 1. The molecule has 0 heterocycles. The highest BCUT2D eigenvalue weighted by molar-refractivity contribution is 6.42. The summed E-state index contributed by atoms with van der Waals surface area (Å²) in [6, 6.07) is 13.1. The molecular weight excluding hydrogens is 329 g/mol. The van der Waals surface area contributed by atoms with E-state index in [1.165, 1.54) is 5.56 Å². The molecule has 0 spiro atoms. The van der Waals surface area contributed by atoms with Crippen LogP contribution < -0.4 is 11.1 Å². The van der Waals surface area contributed by atoms with Gasteiger partial charge in [0.2, 0.25) is 0 Å². The first-order valence-corrected chi connectivity index (χ1v) is 6.99. The zero-order chi connectivity index (χ0) is 14.5. The lowest BCUT2D eigenvalue weighted by Crippen LogP contribution is -2.21. The fourth-order valence-corrected chi connectivity index (χ4v) is 2.03. The number of hydrogen-bond acceptors (Lipinski definition) is 1. The van der Waals surface area contributed by atoms with E-state index in [1.54, 1.807) is 18.2 Å². The summed E-state index contributed by atoms with van der Waals surface area (Å²) in [5, 5.41) is 4.00. The maximum Gasteiger partial charge on any atom is 0.198 e. The topological polar surface area (TPSA) is 50.4 Å². The molecule has 0 unspecified atom stereocenters. The van der Waals surface area contributed by atoms with Crippen molar-refractivity contribution in [3.63, 3.8) is 0 Å². The van der Waals surface area contributed by atoms with Gasteiger partial charge in [0.1, 0.15) is 0 Å². The molecule has 2 rings (SSSR count). The molecule has 0 aliphatic rings. The zero-order valence-corrected chi connectivity index (χ0v) is 13.8.